The van der Waals surface area contributed by atoms with Gasteiger partial charge in [-0.3, -0.25) is 9.59 Å². The first kappa shape index (κ1) is 14.7. The zero-order valence-corrected chi connectivity index (χ0v) is 11.7. The zero-order chi connectivity index (χ0) is 14.7. The molecule has 0 bridgehead atoms. The van der Waals surface area contributed by atoms with Crippen LogP contribution in [0, 0.1) is 5.82 Å². The Hall–Kier alpha value is -1.66. The quantitative estimate of drug-likeness (QED) is 0.869. The van der Waals surface area contributed by atoms with Gasteiger partial charge in [0.25, 0.3) is 0 Å². The standard InChI is InChI=1S/C13H15ClFN3O2/c1-16-7-12(19)17-11-4-5-18(13(11)20)8-2-3-10(15)9(14)6-8/h2-3,6,11,16H,4-5,7H2,1H3,(H,17,19). The first-order valence-electron chi connectivity index (χ1n) is 6.23. The van der Waals surface area contributed by atoms with Crippen LogP contribution in [-0.4, -0.2) is 38.0 Å². The summed E-state index contributed by atoms with van der Waals surface area (Å²) < 4.78 is 13.1. The number of hydrogen-bond donors (Lipinski definition) is 2. The molecule has 0 aromatic heterocycles. The van der Waals surface area contributed by atoms with Crippen LogP contribution in [0.5, 0.6) is 0 Å². The van der Waals surface area contributed by atoms with E-state index < -0.39 is 11.9 Å². The number of amides is 2. The molecule has 2 amide bonds. The molecule has 5 nitrogen and oxygen atoms in total. The summed E-state index contributed by atoms with van der Waals surface area (Å²) in [4.78, 5) is 25.2. The van der Waals surface area contributed by atoms with Crippen LogP contribution in [0.4, 0.5) is 10.1 Å². The van der Waals surface area contributed by atoms with E-state index in [-0.39, 0.29) is 23.4 Å². The van der Waals surface area contributed by atoms with E-state index in [1.807, 2.05) is 0 Å². The fourth-order valence-corrected chi connectivity index (χ4v) is 2.30. The van der Waals surface area contributed by atoms with Crippen LogP contribution in [0.1, 0.15) is 6.42 Å². The van der Waals surface area contributed by atoms with E-state index in [0.29, 0.717) is 18.7 Å². The third kappa shape index (κ3) is 3.08. The monoisotopic (exact) mass is 299 g/mol. The highest BCUT2D eigenvalue weighted by Crippen LogP contribution is 2.26. The molecular weight excluding hydrogens is 285 g/mol. The molecular formula is C13H15ClFN3O2. The van der Waals surface area contributed by atoms with Crippen LogP contribution in [0.2, 0.25) is 5.02 Å². The maximum atomic E-state index is 13.1. The molecule has 108 valence electrons. The topological polar surface area (TPSA) is 61.4 Å². The number of halogens is 2. The third-order valence-corrected chi connectivity index (χ3v) is 3.38. The molecule has 0 aliphatic carbocycles. The largest absolute Gasteiger partial charge is 0.343 e. The number of anilines is 1. The minimum atomic E-state index is -0.542. The van der Waals surface area contributed by atoms with Crippen molar-refractivity contribution in [2.75, 3.05) is 25.0 Å². The Bertz CT molecular complexity index is 538. The van der Waals surface area contributed by atoms with Crippen molar-refractivity contribution >= 4 is 29.1 Å². The molecule has 1 heterocycles. The number of likely N-dealkylation sites (N-methyl/N-ethyl adjacent to an activating group) is 1. The number of nitrogens with zero attached hydrogens (tertiary/aromatic N) is 1. The summed E-state index contributed by atoms with van der Waals surface area (Å²) in [5, 5.41) is 5.34. The maximum Gasteiger partial charge on any atom is 0.249 e. The van der Waals surface area contributed by atoms with Crippen molar-refractivity contribution in [2.45, 2.75) is 12.5 Å². The van der Waals surface area contributed by atoms with E-state index >= 15 is 0 Å². The molecule has 0 saturated carbocycles. The lowest BCUT2D eigenvalue weighted by atomic mass is 10.2. The predicted molar refractivity (Wildman–Crippen MR) is 74.2 cm³/mol. The van der Waals surface area contributed by atoms with Gasteiger partial charge in [-0.15, -0.1) is 0 Å². The molecule has 1 aliphatic rings. The lowest BCUT2D eigenvalue weighted by Gasteiger charge is -2.17. The minimum Gasteiger partial charge on any atom is -0.343 e. The molecule has 7 heteroatoms. The first-order chi connectivity index (χ1) is 9.52. The van der Waals surface area contributed by atoms with Crippen LogP contribution in [0.3, 0.4) is 0 Å². The molecule has 1 aromatic carbocycles. The molecule has 1 unspecified atom stereocenters. The molecule has 1 atom stereocenters. The van der Waals surface area contributed by atoms with E-state index in [0.717, 1.165) is 0 Å². The van der Waals surface area contributed by atoms with Crippen molar-refractivity contribution in [3.05, 3.63) is 29.0 Å². The van der Waals surface area contributed by atoms with Gasteiger partial charge in [0.2, 0.25) is 11.8 Å². The van der Waals surface area contributed by atoms with Crippen molar-refractivity contribution in [2.24, 2.45) is 0 Å². The van der Waals surface area contributed by atoms with E-state index in [1.165, 1.54) is 23.1 Å². The summed E-state index contributed by atoms with van der Waals surface area (Å²) >= 11 is 5.71. The number of hydrogen-bond acceptors (Lipinski definition) is 3. The molecule has 2 N–H and O–H groups in total. The van der Waals surface area contributed by atoms with Gasteiger partial charge in [-0.2, -0.15) is 0 Å². The van der Waals surface area contributed by atoms with Crippen LogP contribution < -0.4 is 15.5 Å². The van der Waals surface area contributed by atoms with Gasteiger partial charge >= 0.3 is 0 Å². The van der Waals surface area contributed by atoms with E-state index in [9.17, 15) is 14.0 Å². The SMILES string of the molecule is CNCC(=O)NC1CCN(c2ccc(F)c(Cl)c2)C1=O. The van der Waals surface area contributed by atoms with Crippen molar-refractivity contribution in [3.8, 4) is 0 Å². The highest BCUT2D eigenvalue weighted by Gasteiger charge is 2.33. The second-order valence-electron chi connectivity index (χ2n) is 4.53. The Morgan fingerprint density at radius 2 is 2.30 bits per heavy atom. The number of carbonyl (C=O) groups excluding carboxylic acids is 2. The Morgan fingerprint density at radius 3 is 2.95 bits per heavy atom. The second kappa shape index (κ2) is 6.19. The summed E-state index contributed by atoms with van der Waals surface area (Å²) in [6, 6.07) is 3.58. The summed E-state index contributed by atoms with van der Waals surface area (Å²) in [7, 11) is 1.66. The van der Waals surface area contributed by atoms with Crippen LogP contribution >= 0.6 is 11.6 Å². The Kier molecular flexibility index (Phi) is 4.57. The average Bonchev–Trinajstić information content (AvgIpc) is 2.75. The lowest BCUT2D eigenvalue weighted by Crippen LogP contribution is -2.44. The van der Waals surface area contributed by atoms with Gasteiger partial charge in [-0.05, 0) is 31.7 Å². The molecule has 1 fully saturated rings. The van der Waals surface area contributed by atoms with Crippen molar-refractivity contribution < 1.29 is 14.0 Å². The summed E-state index contributed by atoms with van der Waals surface area (Å²) in [6.45, 7) is 0.622. The average molecular weight is 300 g/mol. The Balaban J connectivity index is 2.07. The van der Waals surface area contributed by atoms with Crippen LogP contribution in [0.25, 0.3) is 0 Å². The van der Waals surface area contributed by atoms with Gasteiger partial charge < -0.3 is 15.5 Å². The molecule has 2 rings (SSSR count). The second-order valence-corrected chi connectivity index (χ2v) is 4.93. The normalized spacial score (nSPS) is 18.4. The maximum absolute atomic E-state index is 13.1. The highest BCUT2D eigenvalue weighted by atomic mass is 35.5. The van der Waals surface area contributed by atoms with Gasteiger partial charge in [0.1, 0.15) is 11.9 Å². The van der Waals surface area contributed by atoms with E-state index in [1.54, 1.807) is 7.05 Å². The van der Waals surface area contributed by atoms with E-state index in [4.69, 9.17) is 11.6 Å². The molecule has 0 spiro atoms. The van der Waals surface area contributed by atoms with Gasteiger partial charge in [-0.1, -0.05) is 11.6 Å². The summed E-state index contributed by atoms with van der Waals surface area (Å²) in [6.07, 6.45) is 0.517. The fraction of sp³-hybridized carbons (Fsp3) is 0.385. The molecule has 20 heavy (non-hydrogen) atoms. The lowest BCUT2D eigenvalue weighted by molar-refractivity contribution is -0.125. The molecule has 1 aliphatic heterocycles. The molecule has 0 radical (unpaired) electrons. The van der Waals surface area contributed by atoms with Crippen molar-refractivity contribution in [3.63, 3.8) is 0 Å². The predicted octanol–water partition coefficient (Wildman–Crippen LogP) is 0.920. The number of rotatable bonds is 4. The first-order valence-corrected chi connectivity index (χ1v) is 6.61. The van der Waals surface area contributed by atoms with E-state index in [2.05, 4.69) is 10.6 Å². The van der Waals surface area contributed by atoms with Crippen LogP contribution in [-0.2, 0) is 9.59 Å². The minimum absolute atomic E-state index is 0.0297. The van der Waals surface area contributed by atoms with Crippen LogP contribution in [0.15, 0.2) is 18.2 Å². The van der Waals surface area contributed by atoms with Crippen molar-refractivity contribution in [1.82, 2.24) is 10.6 Å². The number of benzene rings is 1. The van der Waals surface area contributed by atoms with Gasteiger partial charge in [0.15, 0.2) is 0 Å². The van der Waals surface area contributed by atoms with Gasteiger partial charge in [0, 0.05) is 12.2 Å². The Morgan fingerprint density at radius 1 is 1.55 bits per heavy atom. The summed E-state index contributed by atoms with van der Waals surface area (Å²) in [5.41, 5.74) is 0.534. The smallest absolute Gasteiger partial charge is 0.249 e. The van der Waals surface area contributed by atoms with Crippen molar-refractivity contribution in [1.29, 1.82) is 0 Å². The molecule has 1 aromatic rings. The summed E-state index contributed by atoms with van der Waals surface area (Å²) in [5.74, 6) is -0.970. The third-order valence-electron chi connectivity index (χ3n) is 3.09. The Labute approximate surface area is 121 Å². The fourth-order valence-electron chi connectivity index (χ4n) is 2.13. The van der Waals surface area contributed by atoms with Gasteiger partial charge in [-0.25, -0.2) is 4.39 Å². The number of carbonyl (C=O) groups is 2. The highest BCUT2D eigenvalue weighted by molar-refractivity contribution is 6.31. The zero-order valence-electron chi connectivity index (χ0n) is 11.0. The molecule has 1 saturated heterocycles. The van der Waals surface area contributed by atoms with Gasteiger partial charge in [0.05, 0.1) is 11.6 Å². The number of nitrogens with one attached hydrogen (secondary N) is 2.